The normalized spacial score (nSPS) is 14.9. The molecule has 0 atom stereocenters. The zero-order valence-corrected chi connectivity index (χ0v) is 15.1. The zero-order chi connectivity index (χ0) is 17.5. The van der Waals surface area contributed by atoms with Gasteiger partial charge in [-0.3, -0.25) is 9.59 Å². The molecule has 25 heavy (non-hydrogen) atoms. The second kappa shape index (κ2) is 8.81. The summed E-state index contributed by atoms with van der Waals surface area (Å²) < 4.78 is 0. The summed E-state index contributed by atoms with van der Waals surface area (Å²) >= 11 is 1.41. The van der Waals surface area contributed by atoms with E-state index in [4.69, 9.17) is 0 Å². The van der Waals surface area contributed by atoms with Gasteiger partial charge in [0.05, 0.1) is 4.88 Å². The molecule has 1 aliphatic carbocycles. The van der Waals surface area contributed by atoms with Gasteiger partial charge in [0.25, 0.3) is 5.91 Å². The molecule has 0 spiro atoms. The average Bonchev–Trinajstić information content (AvgIpc) is 3.17. The second-order valence-electron chi connectivity index (χ2n) is 6.60. The Hall–Kier alpha value is -2.14. The molecule has 1 aromatic heterocycles. The van der Waals surface area contributed by atoms with Gasteiger partial charge in [-0.2, -0.15) is 0 Å². The number of hydrogen-bond acceptors (Lipinski definition) is 3. The summed E-state index contributed by atoms with van der Waals surface area (Å²) in [7, 11) is 0. The molecule has 0 bridgehead atoms. The minimum atomic E-state index is -0.112. The van der Waals surface area contributed by atoms with Crippen LogP contribution in [-0.2, 0) is 4.79 Å². The molecule has 0 unspecified atom stereocenters. The van der Waals surface area contributed by atoms with Crippen molar-refractivity contribution in [2.75, 3.05) is 10.6 Å². The lowest BCUT2D eigenvalue weighted by Crippen LogP contribution is -2.15. The van der Waals surface area contributed by atoms with E-state index in [1.165, 1.54) is 43.4 Å². The maximum atomic E-state index is 12.1. The van der Waals surface area contributed by atoms with Crippen molar-refractivity contribution in [2.45, 2.75) is 44.9 Å². The van der Waals surface area contributed by atoms with Crippen molar-refractivity contribution in [3.8, 4) is 0 Å². The topological polar surface area (TPSA) is 58.2 Å². The fourth-order valence-electron chi connectivity index (χ4n) is 3.27. The largest absolute Gasteiger partial charge is 0.326 e. The first-order chi connectivity index (χ1) is 12.2. The van der Waals surface area contributed by atoms with Crippen LogP contribution in [0.1, 0.15) is 54.6 Å². The summed E-state index contributed by atoms with van der Waals surface area (Å²) in [6, 6.07) is 10.9. The Kier molecular flexibility index (Phi) is 6.23. The number of rotatable bonds is 6. The van der Waals surface area contributed by atoms with Crippen LogP contribution in [0.4, 0.5) is 11.4 Å². The second-order valence-corrected chi connectivity index (χ2v) is 7.55. The van der Waals surface area contributed by atoms with Crippen LogP contribution in [0.25, 0.3) is 0 Å². The van der Waals surface area contributed by atoms with Gasteiger partial charge in [0.2, 0.25) is 5.91 Å². The maximum Gasteiger partial charge on any atom is 0.265 e. The predicted octanol–water partition coefficient (Wildman–Crippen LogP) is 5.30. The minimum absolute atomic E-state index is 0.0703. The number of hydrogen-bond donors (Lipinski definition) is 2. The highest BCUT2D eigenvalue weighted by Crippen LogP contribution is 2.27. The Bertz CT molecular complexity index is 689. The highest BCUT2D eigenvalue weighted by molar-refractivity contribution is 7.12. The van der Waals surface area contributed by atoms with E-state index in [2.05, 4.69) is 10.6 Å². The van der Waals surface area contributed by atoms with Crippen LogP contribution in [0.15, 0.2) is 41.8 Å². The molecule has 4 nitrogen and oxygen atoms in total. The molecule has 0 saturated heterocycles. The Morgan fingerprint density at radius 3 is 2.28 bits per heavy atom. The first-order valence-corrected chi connectivity index (χ1v) is 9.83. The zero-order valence-electron chi connectivity index (χ0n) is 14.3. The highest BCUT2D eigenvalue weighted by Gasteiger charge is 2.15. The van der Waals surface area contributed by atoms with Crippen molar-refractivity contribution < 1.29 is 9.59 Å². The summed E-state index contributed by atoms with van der Waals surface area (Å²) in [5.74, 6) is 0.676. The molecule has 0 aliphatic heterocycles. The molecule has 0 radical (unpaired) electrons. The van der Waals surface area contributed by atoms with Crippen molar-refractivity contribution >= 4 is 34.5 Å². The fourth-order valence-corrected chi connectivity index (χ4v) is 3.89. The smallest absolute Gasteiger partial charge is 0.265 e. The number of benzene rings is 1. The van der Waals surface area contributed by atoms with Crippen LogP contribution >= 0.6 is 11.3 Å². The van der Waals surface area contributed by atoms with Crippen molar-refractivity contribution in [2.24, 2.45) is 5.92 Å². The van der Waals surface area contributed by atoms with E-state index in [0.29, 0.717) is 17.2 Å². The van der Waals surface area contributed by atoms with E-state index < -0.39 is 0 Å². The lowest BCUT2D eigenvalue weighted by molar-refractivity contribution is -0.116. The lowest BCUT2D eigenvalue weighted by Gasteiger charge is -2.21. The molecule has 1 heterocycles. The molecule has 132 valence electrons. The van der Waals surface area contributed by atoms with E-state index in [0.717, 1.165) is 17.8 Å². The van der Waals surface area contributed by atoms with Crippen LogP contribution in [0.2, 0.25) is 0 Å². The third-order valence-electron chi connectivity index (χ3n) is 4.68. The average molecular weight is 356 g/mol. The summed E-state index contributed by atoms with van der Waals surface area (Å²) in [6.45, 7) is 0. The first-order valence-electron chi connectivity index (χ1n) is 8.95. The lowest BCUT2D eigenvalue weighted by atomic mass is 9.86. The standard InChI is InChI=1S/C20H24N2O2S/c23-19(13-8-15-5-2-1-3-6-15)21-16-9-11-17(12-10-16)22-20(24)18-7-4-14-25-18/h4,7,9-12,14-15H,1-3,5-6,8,13H2,(H,21,23)(H,22,24). The van der Waals surface area contributed by atoms with Crippen molar-refractivity contribution in [1.29, 1.82) is 0 Å². The maximum absolute atomic E-state index is 12.1. The van der Waals surface area contributed by atoms with Gasteiger partial charge in [-0.1, -0.05) is 38.2 Å². The van der Waals surface area contributed by atoms with Crippen LogP contribution < -0.4 is 10.6 Å². The van der Waals surface area contributed by atoms with E-state index >= 15 is 0 Å². The van der Waals surface area contributed by atoms with Crippen molar-refractivity contribution in [3.63, 3.8) is 0 Å². The van der Waals surface area contributed by atoms with E-state index in [1.54, 1.807) is 6.07 Å². The Morgan fingerprint density at radius 2 is 1.64 bits per heavy atom. The first kappa shape index (κ1) is 17.7. The molecule has 3 rings (SSSR count). The van der Waals surface area contributed by atoms with E-state index in [9.17, 15) is 9.59 Å². The third kappa shape index (κ3) is 5.43. The van der Waals surface area contributed by atoms with Crippen molar-refractivity contribution in [1.82, 2.24) is 0 Å². The molecule has 2 aromatic rings. The fraction of sp³-hybridized carbons (Fsp3) is 0.400. The van der Waals surface area contributed by atoms with Gasteiger partial charge in [-0.25, -0.2) is 0 Å². The van der Waals surface area contributed by atoms with Crippen LogP contribution in [0.3, 0.4) is 0 Å². The van der Waals surface area contributed by atoms with Gasteiger partial charge < -0.3 is 10.6 Å². The molecule has 1 aliphatic rings. The minimum Gasteiger partial charge on any atom is -0.326 e. The third-order valence-corrected chi connectivity index (χ3v) is 5.54. The number of amides is 2. The molecule has 1 saturated carbocycles. The molecule has 5 heteroatoms. The van der Waals surface area contributed by atoms with E-state index in [1.807, 2.05) is 35.7 Å². The van der Waals surface area contributed by atoms with E-state index in [-0.39, 0.29) is 11.8 Å². The quantitative estimate of drug-likeness (QED) is 0.738. The summed E-state index contributed by atoms with van der Waals surface area (Å²) in [4.78, 5) is 24.8. The SMILES string of the molecule is O=C(CCC1CCCCC1)Nc1ccc(NC(=O)c2cccs2)cc1. The van der Waals surface area contributed by atoms with Gasteiger partial charge in [-0.05, 0) is 48.1 Å². The number of anilines is 2. The summed E-state index contributed by atoms with van der Waals surface area (Å²) in [6.07, 6.45) is 8.08. The molecule has 2 N–H and O–H groups in total. The number of nitrogens with one attached hydrogen (secondary N) is 2. The molecular formula is C20H24N2O2S. The Balaban J connectivity index is 1.45. The predicted molar refractivity (Wildman–Crippen MR) is 103 cm³/mol. The van der Waals surface area contributed by atoms with Gasteiger partial charge in [0.1, 0.15) is 0 Å². The van der Waals surface area contributed by atoms with Crippen LogP contribution in [0, 0.1) is 5.92 Å². The molecule has 1 aromatic carbocycles. The Labute approximate surface area is 152 Å². The Morgan fingerprint density at radius 1 is 0.960 bits per heavy atom. The number of carbonyl (C=O) groups is 2. The molecule has 1 fully saturated rings. The summed E-state index contributed by atoms with van der Waals surface area (Å²) in [5.41, 5.74) is 1.49. The summed E-state index contributed by atoms with van der Waals surface area (Å²) in [5, 5.41) is 7.67. The number of carbonyl (C=O) groups excluding carboxylic acids is 2. The monoisotopic (exact) mass is 356 g/mol. The van der Waals surface area contributed by atoms with Gasteiger partial charge >= 0.3 is 0 Å². The van der Waals surface area contributed by atoms with Gasteiger partial charge in [0.15, 0.2) is 0 Å². The van der Waals surface area contributed by atoms with Gasteiger partial charge in [-0.15, -0.1) is 11.3 Å². The molecular weight excluding hydrogens is 332 g/mol. The van der Waals surface area contributed by atoms with Crippen LogP contribution in [-0.4, -0.2) is 11.8 Å². The highest BCUT2D eigenvalue weighted by atomic mass is 32.1. The van der Waals surface area contributed by atoms with Crippen molar-refractivity contribution in [3.05, 3.63) is 46.7 Å². The molecule has 2 amide bonds. The van der Waals surface area contributed by atoms with Crippen LogP contribution in [0.5, 0.6) is 0 Å². The number of thiophene rings is 1. The van der Waals surface area contributed by atoms with Gasteiger partial charge in [0, 0.05) is 17.8 Å².